The summed E-state index contributed by atoms with van der Waals surface area (Å²) in [6, 6.07) is 11.9. The molecule has 1 fully saturated rings. The zero-order chi connectivity index (χ0) is 38.4. The molecular formula is C43H58FN3O4S. The Morgan fingerprint density at radius 2 is 1.94 bits per heavy atom. The lowest BCUT2D eigenvalue weighted by Gasteiger charge is -2.29. The predicted octanol–water partition coefficient (Wildman–Crippen LogP) is 9.47. The first-order valence-electron chi connectivity index (χ1n) is 18.8. The number of terminal acetylenes is 1. The Kier molecular flexibility index (Phi) is 13.6. The second-order valence-electron chi connectivity index (χ2n) is 15.0. The first kappa shape index (κ1) is 40.9. The van der Waals surface area contributed by atoms with Crippen LogP contribution in [0.15, 0.2) is 49.1 Å². The number of halogens is 1. The molecule has 52 heavy (non-hydrogen) atoms. The summed E-state index contributed by atoms with van der Waals surface area (Å²) >= 11 is 0. The molecule has 5 rings (SSSR count). The van der Waals surface area contributed by atoms with Gasteiger partial charge < -0.3 is 14.2 Å². The molecule has 0 radical (unpaired) electrons. The maximum absolute atomic E-state index is 14.5. The van der Waals surface area contributed by atoms with Crippen LogP contribution in [-0.2, 0) is 22.3 Å². The quantitative estimate of drug-likeness (QED) is 0.125. The van der Waals surface area contributed by atoms with Crippen LogP contribution in [0.1, 0.15) is 126 Å². The number of nitrogens with zero attached hydrogens (tertiary/aromatic N) is 2. The summed E-state index contributed by atoms with van der Waals surface area (Å²) in [5, 5.41) is 1.02. The summed E-state index contributed by atoms with van der Waals surface area (Å²) in [7, 11) is 1.84. The second-order valence-corrected chi connectivity index (χ2v) is 16.3. The number of allylic oxidation sites excluding steroid dienone is 1. The van der Waals surface area contributed by atoms with E-state index in [0.717, 1.165) is 72.0 Å². The number of hydrogen-bond donors (Lipinski definition) is 1. The minimum atomic E-state index is -1.73. The number of aromatic nitrogens is 1. The van der Waals surface area contributed by atoms with E-state index in [1.165, 1.54) is 19.4 Å². The smallest absolute Gasteiger partial charge is 0.263 e. The molecule has 2 amide bonds. The lowest BCUT2D eigenvalue weighted by atomic mass is 9.85. The van der Waals surface area contributed by atoms with E-state index < -0.39 is 28.0 Å². The molecule has 0 spiro atoms. The van der Waals surface area contributed by atoms with Crippen molar-refractivity contribution in [3.8, 4) is 29.4 Å². The van der Waals surface area contributed by atoms with E-state index in [-0.39, 0.29) is 36.0 Å². The number of alkyl halides is 1. The standard InChI is InChI=1S/C39H50FN3O4S.C4H8/c1-9-12-14-26(13-10-2)34-30-17-15-27(36(44)41-48(46)20-19-38(5,6)40)21-33(30)43-24-39(37(45)42(7)25(4)11-3)23-32(39)31-22-28(47-8)16-18-29(31)35(34)43;1-3-4-2/h1,15-18,21-22,25-26,32H,10-14,19-20,23-24H2,2-8H3,(H,41,44);3H,1,4H2,2H3. The van der Waals surface area contributed by atoms with Crippen LogP contribution in [0.5, 0.6) is 5.75 Å². The van der Waals surface area contributed by atoms with E-state index in [1.807, 2.05) is 36.2 Å². The maximum Gasteiger partial charge on any atom is 0.263 e. The molecule has 3 aromatic rings. The molecule has 9 heteroatoms. The Morgan fingerprint density at radius 1 is 1.23 bits per heavy atom. The fourth-order valence-electron chi connectivity index (χ4n) is 7.44. The van der Waals surface area contributed by atoms with Gasteiger partial charge in [0.15, 0.2) is 0 Å². The summed E-state index contributed by atoms with van der Waals surface area (Å²) in [4.78, 5) is 29.8. The Morgan fingerprint density at radius 3 is 2.54 bits per heavy atom. The van der Waals surface area contributed by atoms with E-state index >= 15 is 0 Å². The number of fused-ring (bicyclic) bond motifs is 7. The summed E-state index contributed by atoms with van der Waals surface area (Å²) in [6.07, 6.45) is 13.8. The molecule has 1 N–H and O–H groups in total. The van der Waals surface area contributed by atoms with Crippen LogP contribution in [0.4, 0.5) is 4.39 Å². The fraction of sp³-hybridized carbons (Fsp3) is 0.535. The van der Waals surface area contributed by atoms with Crippen LogP contribution in [0.25, 0.3) is 22.2 Å². The molecule has 1 aromatic heterocycles. The van der Waals surface area contributed by atoms with Gasteiger partial charge in [-0.15, -0.1) is 18.9 Å². The Balaban J connectivity index is 0.00000144. The minimum absolute atomic E-state index is 0.0198. The van der Waals surface area contributed by atoms with E-state index in [1.54, 1.807) is 13.2 Å². The van der Waals surface area contributed by atoms with Crippen molar-refractivity contribution in [1.82, 2.24) is 14.2 Å². The third-order valence-corrected chi connectivity index (χ3v) is 11.8. The predicted molar refractivity (Wildman–Crippen MR) is 213 cm³/mol. The Bertz CT molecular complexity index is 1840. The van der Waals surface area contributed by atoms with Gasteiger partial charge in [0.25, 0.3) is 5.91 Å². The van der Waals surface area contributed by atoms with E-state index in [9.17, 15) is 18.2 Å². The average Bonchev–Trinajstić information content (AvgIpc) is 3.81. The van der Waals surface area contributed by atoms with Gasteiger partial charge >= 0.3 is 0 Å². The number of amides is 2. The van der Waals surface area contributed by atoms with Crippen molar-refractivity contribution < 1.29 is 22.9 Å². The minimum Gasteiger partial charge on any atom is -0.497 e. The van der Waals surface area contributed by atoms with Gasteiger partial charge in [-0.25, -0.2) is 8.60 Å². The number of benzene rings is 2. The number of methoxy groups -OCH3 is 1. The van der Waals surface area contributed by atoms with Gasteiger partial charge in [-0.05, 0) is 107 Å². The van der Waals surface area contributed by atoms with Gasteiger partial charge in [-0.3, -0.25) is 14.3 Å². The van der Waals surface area contributed by atoms with Gasteiger partial charge in [0.1, 0.15) is 22.4 Å². The van der Waals surface area contributed by atoms with Crippen molar-refractivity contribution >= 4 is 33.7 Å². The highest BCUT2D eigenvalue weighted by molar-refractivity contribution is 7.83. The Labute approximate surface area is 313 Å². The maximum atomic E-state index is 14.5. The molecule has 282 valence electrons. The van der Waals surface area contributed by atoms with Gasteiger partial charge in [-0.2, -0.15) is 0 Å². The number of rotatable bonds is 15. The van der Waals surface area contributed by atoms with Crippen LogP contribution in [-0.4, -0.2) is 57.1 Å². The summed E-state index contributed by atoms with van der Waals surface area (Å²) < 4.78 is 37.3. The lowest BCUT2D eigenvalue weighted by molar-refractivity contribution is -0.138. The molecule has 2 aliphatic rings. The number of ether oxygens (including phenoxy) is 1. The van der Waals surface area contributed by atoms with Crippen molar-refractivity contribution in [1.29, 1.82) is 0 Å². The molecule has 5 atom stereocenters. The summed E-state index contributed by atoms with van der Waals surface area (Å²) in [6.45, 7) is 15.2. The number of carbonyl (C=O) groups is 2. The molecule has 1 aliphatic heterocycles. The second kappa shape index (κ2) is 17.3. The third-order valence-electron chi connectivity index (χ3n) is 10.8. The number of carbonyl (C=O) groups excluding carboxylic acids is 2. The van der Waals surface area contributed by atoms with Crippen molar-refractivity contribution in [2.45, 2.75) is 123 Å². The van der Waals surface area contributed by atoms with E-state index in [4.69, 9.17) is 11.2 Å². The van der Waals surface area contributed by atoms with Gasteiger partial charge in [0.05, 0.1) is 18.2 Å². The van der Waals surface area contributed by atoms with Crippen LogP contribution in [0.2, 0.25) is 0 Å². The van der Waals surface area contributed by atoms with Crippen LogP contribution in [0.3, 0.4) is 0 Å². The Hall–Kier alpha value is -3.90. The normalized spacial score (nSPS) is 18.9. The molecule has 2 heterocycles. The number of hydrogen-bond acceptors (Lipinski definition) is 4. The molecule has 2 aromatic carbocycles. The van der Waals surface area contributed by atoms with Gasteiger partial charge in [0, 0.05) is 59.8 Å². The largest absolute Gasteiger partial charge is 0.497 e. The first-order valence-corrected chi connectivity index (χ1v) is 20.1. The molecule has 1 aliphatic carbocycles. The molecule has 1 saturated carbocycles. The number of nitrogens with one attached hydrogen (secondary N) is 1. The highest BCUT2D eigenvalue weighted by Gasteiger charge is 2.63. The summed E-state index contributed by atoms with van der Waals surface area (Å²) in [5.41, 5.74) is 3.53. The van der Waals surface area contributed by atoms with Crippen molar-refractivity contribution in [3.63, 3.8) is 0 Å². The SMILES string of the molecule is C#CCCC(CCC)c1c2n(c3cc(C(=O)NS(=O)CCC(C)(C)F)ccc13)CC1(C(=O)N(C)C(C)CC)CC1c1cc(OC)ccc1-2.C=CCC. The van der Waals surface area contributed by atoms with Gasteiger partial charge in [-0.1, -0.05) is 39.3 Å². The molecular weight excluding hydrogens is 674 g/mol. The fourth-order valence-corrected chi connectivity index (χ4v) is 8.54. The molecule has 5 unspecified atom stereocenters. The molecule has 0 bridgehead atoms. The summed E-state index contributed by atoms with van der Waals surface area (Å²) in [5.74, 6) is 3.45. The highest BCUT2D eigenvalue weighted by Crippen LogP contribution is 2.66. The van der Waals surface area contributed by atoms with Gasteiger partial charge in [0.2, 0.25) is 5.91 Å². The zero-order valence-electron chi connectivity index (χ0n) is 32.4. The molecule has 0 saturated heterocycles. The van der Waals surface area contributed by atoms with Crippen LogP contribution < -0.4 is 9.46 Å². The lowest BCUT2D eigenvalue weighted by Crippen LogP contribution is -2.42. The van der Waals surface area contributed by atoms with Crippen LogP contribution in [0, 0.1) is 17.8 Å². The zero-order valence-corrected chi connectivity index (χ0v) is 33.3. The van der Waals surface area contributed by atoms with Crippen LogP contribution >= 0.6 is 0 Å². The topological polar surface area (TPSA) is 80.6 Å². The highest BCUT2D eigenvalue weighted by atomic mass is 32.2. The van der Waals surface area contributed by atoms with E-state index in [0.29, 0.717) is 18.5 Å². The van der Waals surface area contributed by atoms with E-state index in [2.05, 4.69) is 61.6 Å². The first-order chi connectivity index (χ1) is 24.7. The van der Waals surface area contributed by atoms with Crippen molar-refractivity contribution in [2.24, 2.45) is 5.41 Å². The van der Waals surface area contributed by atoms with Crippen molar-refractivity contribution in [2.75, 3.05) is 19.9 Å². The van der Waals surface area contributed by atoms with Crippen molar-refractivity contribution in [3.05, 3.63) is 65.7 Å². The average molecular weight is 732 g/mol. The monoisotopic (exact) mass is 731 g/mol. The molecule has 7 nitrogen and oxygen atoms in total. The third kappa shape index (κ3) is 8.65.